The number of hydrogen-bond acceptors (Lipinski definition) is 6. The lowest BCUT2D eigenvalue weighted by atomic mass is 10.3. The number of anilines is 1. The molecule has 1 fully saturated rings. The zero-order chi connectivity index (χ0) is 18.1. The van der Waals surface area contributed by atoms with Crippen molar-refractivity contribution < 1.29 is 14.7 Å². The van der Waals surface area contributed by atoms with Gasteiger partial charge in [0, 0.05) is 16.5 Å². The predicted octanol–water partition coefficient (Wildman–Crippen LogP) is 3.94. The molecule has 0 aromatic heterocycles. The molecule has 1 saturated heterocycles. The van der Waals surface area contributed by atoms with Gasteiger partial charge in [-0.05, 0) is 37.3 Å². The molecule has 130 valence electrons. The molecule has 25 heavy (non-hydrogen) atoms. The standard InChI is InChI=1S/C16H13ClN2O3S3/c1-2-18-15(22)12(25-16(18)23)5-6-13-19(8-14(20)21)10-7-9(17)3-4-11(10)24-13/h3-7H,2,8H2,1H3,(H,20,21). The number of carbonyl (C=O) groups excluding carboxylic acids is 1. The third kappa shape index (κ3) is 3.72. The molecule has 2 heterocycles. The van der Waals surface area contributed by atoms with Crippen molar-refractivity contribution in [2.75, 3.05) is 18.0 Å². The number of fused-ring (bicyclic) bond motifs is 1. The zero-order valence-corrected chi connectivity index (χ0v) is 16.3. The van der Waals surface area contributed by atoms with Gasteiger partial charge in [-0.1, -0.05) is 47.3 Å². The molecule has 0 unspecified atom stereocenters. The minimum absolute atomic E-state index is 0.123. The molecule has 2 aliphatic rings. The first kappa shape index (κ1) is 18.3. The summed E-state index contributed by atoms with van der Waals surface area (Å²) in [5.74, 6) is -1.07. The maximum Gasteiger partial charge on any atom is 0.323 e. The summed E-state index contributed by atoms with van der Waals surface area (Å²) < 4.78 is 0.536. The summed E-state index contributed by atoms with van der Waals surface area (Å²) in [4.78, 5) is 28.1. The monoisotopic (exact) mass is 412 g/mol. The first-order chi connectivity index (χ1) is 11.9. The van der Waals surface area contributed by atoms with E-state index in [0.29, 0.717) is 20.8 Å². The molecule has 0 spiro atoms. The molecule has 5 nitrogen and oxygen atoms in total. The molecule has 0 radical (unpaired) electrons. The van der Waals surface area contributed by atoms with E-state index in [1.54, 1.807) is 29.2 Å². The van der Waals surface area contributed by atoms with Crippen LogP contribution in [0.2, 0.25) is 5.02 Å². The van der Waals surface area contributed by atoms with Gasteiger partial charge in [0.1, 0.15) is 10.9 Å². The van der Waals surface area contributed by atoms with Crippen LogP contribution in [0.3, 0.4) is 0 Å². The first-order valence-corrected chi connectivity index (χ1v) is 9.75. The lowest BCUT2D eigenvalue weighted by molar-refractivity contribution is -0.135. The average Bonchev–Trinajstić information content (AvgIpc) is 3.02. The van der Waals surface area contributed by atoms with Crippen molar-refractivity contribution in [3.8, 4) is 0 Å². The number of amides is 1. The van der Waals surface area contributed by atoms with Gasteiger partial charge >= 0.3 is 5.97 Å². The summed E-state index contributed by atoms with van der Waals surface area (Å²) in [5, 5.41) is 10.5. The molecule has 1 aromatic carbocycles. The van der Waals surface area contributed by atoms with E-state index in [1.165, 1.54) is 28.4 Å². The van der Waals surface area contributed by atoms with Crippen LogP contribution in [0, 0.1) is 0 Å². The second-order valence-electron chi connectivity index (χ2n) is 5.15. The fraction of sp³-hybridized carbons (Fsp3) is 0.188. The smallest absolute Gasteiger partial charge is 0.323 e. The third-order valence-electron chi connectivity index (χ3n) is 3.55. The summed E-state index contributed by atoms with van der Waals surface area (Å²) in [6, 6.07) is 5.36. The lowest BCUT2D eigenvalue weighted by Crippen LogP contribution is -2.27. The molecule has 9 heteroatoms. The molecule has 1 aromatic rings. The number of halogens is 1. The highest BCUT2D eigenvalue weighted by molar-refractivity contribution is 8.26. The normalized spacial score (nSPS) is 20.1. The highest BCUT2D eigenvalue weighted by Gasteiger charge is 2.31. The van der Waals surface area contributed by atoms with Crippen LogP contribution < -0.4 is 4.90 Å². The average molecular weight is 413 g/mol. The number of hydrogen-bond donors (Lipinski definition) is 1. The van der Waals surface area contributed by atoms with E-state index in [4.69, 9.17) is 23.8 Å². The highest BCUT2D eigenvalue weighted by Crippen LogP contribution is 2.47. The maximum atomic E-state index is 12.3. The lowest BCUT2D eigenvalue weighted by Gasteiger charge is -2.17. The number of thiocarbonyl (C=S) groups is 1. The van der Waals surface area contributed by atoms with E-state index in [0.717, 1.165) is 15.6 Å². The molecule has 1 amide bonds. The number of benzene rings is 1. The van der Waals surface area contributed by atoms with Crippen molar-refractivity contribution in [2.24, 2.45) is 0 Å². The van der Waals surface area contributed by atoms with Crippen molar-refractivity contribution in [3.05, 3.63) is 45.3 Å². The Labute approximate surface area is 163 Å². The molecule has 2 aliphatic heterocycles. The second kappa shape index (κ2) is 7.41. The Kier molecular flexibility index (Phi) is 5.43. The van der Waals surface area contributed by atoms with Gasteiger partial charge in [0.25, 0.3) is 5.91 Å². The number of rotatable bonds is 4. The molecule has 0 bridgehead atoms. The maximum absolute atomic E-state index is 12.3. The number of carboxylic acid groups (broad SMARTS) is 1. The molecule has 0 aliphatic carbocycles. The zero-order valence-electron chi connectivity index (χ0n) is 13.1. The van der Waals surface area contributed by atoms with Crippen LogP contribution >= 0.6 is 47.3 Å². The SMILES string of the molecule is CCN1C(=O)C(=CC=C2Sc3ccc(Cl)cc3N2CC(=O)O)SC1=S. The number of thioether (sulfide) groups is 2. The van der Waals surface area contributed by atoms with Gasteiger partial charge in [-0.25, -0.2) is 0 Å². The van der Waals surface area contributed by atoms with Gasteiger partial charge < -0.3 is 10.0 Å². The fourth-order valence-corrected chi connectivity index (χ4v) is 4.97. The Balaban J connectivity index is 1.92. The van der Waals surface area contributed by atoms with Gasteiger partial charge in [-0.15, -0.1) is 0 Å². The predicted molar refractivity (Wildman–Crippen MR) is 106 cm³/mol. The van der Waals surface area contributed by atoms with E-state index < -0.39 is 5.97 Å². The van der Waals surface area contributed by atoms with Gasteiger partial charge in [-0.3, -0.25) is 14.5 Å². The summed E-state index contributed by atoms with van der Waals surface area (Å²) >= 11 is 13.9. The van der Waals surface area contributed by atoms with Gasteiger partial charge in [0.05, 0.1) is 15.6 Å². The molecular weight excluding hydrogens is 400 g/mol. The quantitative estimate of drug-likeness (QED) is 0.593. The number of allylic oxidation sites excluding steroid dienone is 2. The summed E-state index contributed by atoms with van der Waals surface area (Å²) in [7, 11) is 0. The molecule has 1 N–H and O–H groups in total. The second-order valence-corrected chi connectivity index (χ2v) is 8.32. The van der Waals surface area contributed by atoms with Crippen LogP contribution in [0.4, 0.5) is 5.69 Å². The summed E-state index contributed by atoms with van der Waals surface area (Å²) in [6.45, 7) is 2.21. The Bertz CT molecular complexity index is 838. The molecule has 0 saturated carbocycles. The Morgan fingerprint density at radius 1 is 1.32 bits per heavy atom. The minimum Gasteiger partial charge on any atom is -0.480 e. The van der Waals surface area contributed by atoms with Crippen LogP contribution in [0.5, 0.6) is 0 Å². The van der Waals surface area contributed by atoms with E-state index in [1.807, 2.05) is 13.0 Å². The molecular formula is C16H13ClN2O3S3. The van der Waals surface area contributed by atoms with Gasteiger partial charge in [-0.2, -0.15) is 0 Å². The number of likely N-dealkylation sites (N-methyl/N-ethyl adjacent to an activating group) is 1. The fourth-order valence-electron chi connectivity index (χ4n) is 2.43. The van der Waals surface area contributed by atoms with E-state index in [-0.39, 0.29) is 12.5 Å². The summed E-state index contributed by atoms with van der Waals surface area (Å²) in [5.41, 5.74) is 0.751. The van der Waals surface area contributed by atoms with Crippen LogP contribution in [-0.2, 0) is 9.59 Å². The van der Waals surface area contributed by atoms with Crippen molar-refractivity contribution >= 4 is 69.2 Å². The van der Waals surface area contributed by atoms with Crippen molar-refractivity contribution in [2.45, 2.75) is 11.8 Å². The third-order valence-corrected chi connectivity index (χ3v) is 6.31. The number of aliphatic carboxylic acids is 1. The van der Waals surface area contributed by atoms with Gasteiger partial charge in [0.2, 0.25) is 0 Å². The topological polar surface area (TPSA) is 60.9 Å². The van der Waals surface area contributed by atoms with Crippen LogP contribution in [0.25, 0.3) is 0 Å². The van der Waals surface area contributed by atoms with Crippen molar-refractivity contribution in [1.29, 1.82) is 0 Å². The van der Waals surface area contributed by atoms with Crippen LogP contribution in [-0.4, -0.2) is 39.3 Å². The Morgan fingerprint density at radius 3 is 2.72 bits per heavy atom. The number of nitrogens with zero attached hydrogens (tertiary/aromatic N) is 2. The minimum atomic E-state index is -0.948. The van der Waals surface area contributed by atoms with E-state index >= 15 is 0 Å². The van der Waals surface area contributed by atoms with Crippen molar-refractivity contribution in [1.82, 2.24) is 4.90 Å². The van der Waals surface area contributed by atoms with Crippen LogP contribution in [0.1, 0.15) is 6.92 Å². The first-order valence-electron chi connectivity index (χ1n) is 7.33. The van der Waals surface area contributed by atoms with Gasteiger partial charge in [0.15, 0.2) is 0 Å². The summed E-state index contributed by atoms with van der Waals surface area (Å²) in [6.07, 6.45) is 3.45. The molecule has 0 atom stereocenters. The van der Waals surface area contributed by atoms with E-state index in [9.17, 15) is 14.7 Å². The van der Waals surface area contributed by atoms with Crippen LogP contribution in [0.15, 0.2) is 45.2 Å². The van der Waals surface area contributed by atoms with E-state index in [2.05, 4.69) is 0 Å². The van der Waals surface area contributed by atoms with Crippen molar-refractivity contribution in [3.63, 3.8) is 0 Å². The highest BCUT2D eigenvalue weighted by atomic mass is 35.5. The number of carbonyl (C=O) groups is 2. The Morgan fingerprint density at radius 2 is 2.08 bits per heavy atom. The number of carboxylic acids is 1. The molecule has 3 rings (SSSR count). The Hall–Kier alpha value is -1.48. The largest absolute Gasteiger partial charge is 0.480 e.